The van der Waals surface area contributed by atoms with Gasteiger partial charge in [0.2, 0.25) is 0 Å². The van der Waals surface area contributed by atoms with Gasteiger partial charge in [0.25, 0.3) is 0 Å². The maximum absolute atomic E-state index is 6.18. The summed E-state index contributed by atoms with van der Waals surface area (Å²) in [5.41, 5.74) is 2.85. The highest BCUT2D eigenvalue weighted by atomic mass is 35.5. The Hall–Kier alpha value is -1.72. The van der Waals surface area contributed by atoms with E-state index in [0.717, 1.165) is 16.6 Å². The lowest BCUT2D eigenvalue weighted by Gasteiger charge is -2.05. The smallest absolute Gasteiger partial charge is 0.178 e. The molecule has 90 valence electrons. The van der Waals surface area contributed by atoms with Crippen LogP contribution in [-0.4, -0.2) is 19.5 Å². The SMILES string of the molecule is S=c1[nH]c2cncc(Cl)c2n1Cc1ccncc1. The van der Waals surface area contributed by atoms with Crippen LogP contribution in [0.5, 0.6) is 0 Å². The number of rotatable bonds is 2. The van der Waals surface area contributed by atoms with Crippen LogP contribution < -0.4 is 0 Å². The Bertz CT molecular complexity index is 748. The Balaban J connectivity index is 2.17. The summed E-state index contributed by atoms with van der Waals surface area (Å²) in [6, 6.07) is 3.91. The van der Waals surface area contributed by atoms with Crippen LogP contribution in [0.4, 0.5) is 0 Å². The second kappa shape index (κ2) is 4.51. The highest BCUT2D eigenvalue weighted by Crippen LogP contribution is 2.22. The summed E-state index contributed by atoms with van der Waals surface area (Å²) in [5.74, 6) is 0. The van der Waals surface area contributed by atoms with Crippen LogP contribution in [0.3, 0.4) is 0 Å². The van der Waals surface area contributed by atoms with E-state index in [-0.39, 0.29) is 0 Å². The molecule has 0 aliphatic rings. The van der Waals surface area contributed by atoms with Gasteiger partial charge in [-0.05, 0) is 29.9 Å². The molecule has 0 atom stereocenters. The molecule has 0 spiro atoms. The molecule has 0 saturated heterocycles. The zero-order chi connectivity index (χ0) is 12.5. The van der Waals surface area contributed by atoms with Crippen molar-refractivity contribution < 1.29 is 0 Å². The highest BCUT2D eigenvalue weighted by Gasteiger charge is 2.08. The number of nitrogens with zero attached hydrogens (tertiary/aromatic N) is 3. The van der Waals surface area contributed by atoms with Crippen LogP contribution in [0.2, 0.25) is 5.02 Å². The first-order chi connectivity index (χ1) is 8.75. The van der Waals surface area contributed by atoms with Gasteiger partial charge in [-0.3, -0.25) is 9.97 Å². The summed E-state index contributed by atoms with van der Waals surface area (Å²) in [4.78, 5) is 11.1. The largest absolute Gasteiger partial charge is 0.329 e. The first-order valence-electron chi connectivity index (χ1n) is 5.36. The molecule has 0 saturated carbocycles. The molecule has 0 amide bonds. The summed E-state index contributed by atoms with van der Waals surface area (Å²) in [6.45, 7) is 0.658. The lowest BCUT2D eigenvalue weighted by atomic mass is 10.2. The number of hydrogen-bond donors (Lipinski definition) is 1. The van der Waals surface area contributed by atoms with Gasteiger partial charge in [-0.25, -0.2) is 0 Å². The fourth-order valence-electron chi connectivity index (χ4n) is 1.90. The molecule has 0 fully saturated rings. The van der Waals surface area contributed by atoms with Crippen LogP contribution in [0.1, 0.15) is 5.56 Å². The summed E-state index contributed by atoms with van der Waals surface area (Å²) < 4.78 is 2.60. The Morgan fingerprint density at radius 3 is 2.78 bits per heavy atom. The van der Waals surface area contributed by atoms with Crippen molar-refractivity contribution in [2.75, 3.05) is 0 Å². The second-order valence-corrected chi connectivity index (χ2v) is 4.68. The van der Waals surface area contributed by atoms with Crippen LogP contribution >= 0.6 is 23.8 Å². The molecule has 18 heavy (non-hydrogen) atoms. The average Bonchev–Trinajstić information content (AvgIpc) is 2.69. The van der Waals surface area contributed by atoms with Crippen LogP contribution in [0.15, 0.2) is 36.9 Å². The number of nitrogens with one attached hydrogen (secondary N) is 1. The molecule has 3 aromatic heterocycles. The van der Waals surface area contributed by atoms with Gasteiger partial charge in [0.1, 0.15) is 0 Å². The number of hydrogen-bond acceptors (Lipinski definition) is 3. The quantitative estimate of drug-likeness (QED) is 0.731. The fourth-order valence-corrected chi connectivity index (χ4v) is 2.43. The molecule has 0 unspecified atom stereocenters. The lowest BCUT2D eigenvalue weighted by Crippen LogP contribution is -2.00. The third-order valence-electron chi connectivity index (χ3n) is 2.72. The molecule has 0 bridgehead atoms. The standard InChI is InChI=1S/C12H9ClN4S/c13-9-5-15-6-10-11(9)17(12(18)16-10)7-8-1-3-14-4-2-8/h1-6H,7H2,(H,16,18). The molecule has 0 aliphatic carbocycles. The number of halogens is 1. The van der Waals surface area contributed by atoms with Crippen LogP contribution in [0, 0.1) is 4.77 Å². The van der Waals surface area contributed by atoms with Gasteiger partial charge < -0.3 is 9.55 Å². The van der Waals surface area contributed by atoms with E-state index in [1.54, 1.807) is 24.8 Å². The van der Waals surface area contributed by atoms with E-state index in [4.69, 9.17) is 23.8 Å². The normalized spacial score (nSPS) is 10.9. The van der Waals surface area contributed by atoms with Gasteiger partial charge in [-0.2, -0.15) is 0 Å². The van der Waals surface area contributed by atoms with E-state index in [9.17, 15) is 0 Å². The summed E-state index contributed by atoms with van der Waals surface area (Å²) in [7, 11) is 0. The minimum Gasteiger partial charge on any atom is -0.329 e. The number of pyridine rings is 2. The monoisotopic (exact) mass is 276 g/mol. The predicted octanol–water partition coefficient (Wildman–Crippen LogP) is 3.19. The molecule has 0 aliphatic heterocycles. The van der Waals surface area contributed by atoms with Gasteiger partial charge in [-0.15, -0.1) is 0 Å². The Morgan fingerprint density at radius 2 is 2.00 bits per heavy atom. The Labute approximate surface area is 113 Å². The van der Waals surface area contributed by atoms with Gasteiger partial charge in [-0.1, -0.05) is 11.6 Å². The molecular formula is C12H9ClN4S. The Kier molecular flexibility index (Phi) is 2.85. The average molecular weight is 277 g/mol. The second-order valence-electron chi connectivity index (χ2n) is 3.89. The van der Waals surface area contributed by atoms with Crippen molar-refractivity contribution >= 4 is 34.9 Å². The molecule has 3 heterocycles. The van der Waals surface area contributed by atoms with E-state index < -0.39 is 0 Å². The van der Waals surface area contributed by atoms with Crippen molar-refractivity contribution in [2.45, 2.75) is 6.54 Å². The molecular weight excluding hydrogens is 268 g/mol. The van der Waals surface area contributed by atoms with E-state index >= 15 is 0 Å². The minimum absolute atomic E-state index is 0.592. The minimum atomic E-state index is 0.592. The van der Waals surface area contributed by atoms with Crippen molar-refractivity contribution in [3.63, 3.8) is 0 Å². The topological polar surface area (TPSA) is 46.5 Å². The maximum Gasteiger partial charge on any atom is 0.178 e. The molecule has 1 N–H and O–H groups in total. The summed E-state index contributed by atoms with van der Waals surface area (Å²) in [5, 5.41) is 0.592. The van der Waals surface area contributed by atoms with Crippen molar-refractivity contribution in [3.8, 4) is 0 Å². The third kappa shape index (κ3) is 1.91. The van der Waals surface area contributed by atoms with Crippen LogP contribution in [-0.2, 0) is 6.54 Å². The molecule has 0 aromatic carbocycles. The van der Waals surface area contributed by atoms with Crippen molar-refractivity contribution in [3.05, 3.63) is 52.3 Å². The number of aromatic nitrogens is 4. The van der Waals surface area contributed by atoms with E-state index in [1.807, 2.05) is 16.7 Å². The van der Waals surface area contributed by atoms with Crippen LogP contribution in [0.25, 0.3) is 11.0 Å². The zero-order valence-corrected chi connectivity index (χ0v) is 10.9. The van der Waals surface area contributed by atoms with E-state index in [2.05, 4.69) is 15.0 Å². The van der Waals surface area contributed by atoms with E-state index in [1.165, 1.54) is 0 Å². The van der Waals surface area contributed by atoms with Gasteiger partial charge in [0.15, 0.2) is 4.77 Å². The molecule has 3 aromatic rings. The molecule has 6 heteroatoms. The first-order valence-corrected chi connectivity index (χ1v) is 6.15. The fraction of sp³-hybridized carbons (Fsp3) is 0.0833. The summed E-state index contributed by atoms with van der Waals surface area (Å²) in [6.07, 6.45) is 6.86. The number of imidazole rings is 1. The molecule has 3 rings (SSSR count). The summed E-state index contributed by atoms with van der Waals surface area (Å²) >= 11 is 11.5. The van der Waals surface area contributed by atoms with Crippen molar-refractivity contribution in [1.82, 2.24) is 19.5 Å². The number of fused-ring (bicyclic) bond motifs is 1. The maximum atomic E-state index is 6.18. The zero-order valence-electron chi connectivity index (χ0n) is 9.30. The lowest BCUT2D eigenvalue weighted by molar-refractivity contribution is 0.808. The number of aromatic amines is 1. The van der Waals surface area contributed by atoms with Crippen molar-refractivity contribution in [2.24, 2.45) is 0 Å². The highest BCUT2D eigenvalue weighted by molar-refractivity contribution is 7.71. The van der Waals surface area contributed by atoms with Gasteiger partial charge in [0.05, 0.1) is 28.8 Å². The van der Waals surface area contributed by atoms with Gasteiger partial charge in [0, 0.05) is 18.6 Å². The molecule has 4 nitrogen and oxygen atoms in total. The van der Waals surface area contributed by atoms with E-state index in [0.29, 0.717) is 16.3 Å². The number of H-pyrrole nitrogens is 1. The Morgan fingerprint density at radius 1 is 1.22 bits per heavy atom. The third-order valence-corrected chi connectivity index (χ3v) is 3.32. The van der Waals surface area contributed by atoms with Gasteiger partial charge >= 0.3 is 0 Å². The first kappa shape index (κ1) is 11.4. The molecule has 0 radical (unpaired) electrons. The predicted molar refractivity (Wildman–Crippen MR) is 73.3 cm³/mol. The van der Waals surface area contributed by atoms with Crippen molar-refractivity contribution in [1.29, 1.82) is 0 Å².